The Balaban J connectivity index is 2.11. The van der Waals surface area contributed by atoms with Gasteiger partial charge in [-0.3, -0.25) is 0 Å². The Labute approximate surface area is 99.2 Å². The smallest absolute Gasteiger partial charge is 0.349 e. The third-order valence-corrected chi connectivity index (χ3v) is 3.30. The summed E-state index contributed by atoms with van der Waals surface area (Å²) in [6.45, 7) is 1.36. The number of nitrogens with one attached hydrogen (secondary N) is 1. The van der Waals surface area contributed by atoms with Crippen LogP contribution in [-0.4, -0.2) is 32.7 Å². The van der Waals surface area contributed by atoms with Crippen LogP contribution in [0.4, 0.5) is 9.57 Å². The molecule has 0 spiro atoms. The van der Waals surface area contributed by atoms with Crippen LogP contribution in [0.3, 0.4) is 0 Å². The Morgan fingerprint density at radius 3 is 2.76 bits per heavy atom. The van der Waals surface area contributed by atoms with Gasteiger partial charge in [-0.1, -0.05) is 3.89 Å². The second kappa shape index (κ2) is 4.97. The molecular weight excluding hydrogens is 247 g/mol. The number of nitrogens with zero attached hydrogens (tertiary/aromatic N) is 1. The van der Waals surface area contributed by atoms with Crippen LogP contribution in [0.5, 0.6) is 0 Å². The maximum Gasteiger partial charge on any atom is 0.349 e. The Bertz CT molecular complexity index is 486. The van der Waals surface area contributed by atoms with Crippen LogP contribution in [-0.2, 0) is 15.0 Å². The number of anilines is 1. The first kappa shape index (κ1) is 12.3. The van der Waals surface area contributed by atoms with Gasteiger partial charge in [0.05, 0.1) is 0 Å². The fourth-order valence-electron chi connectivity index (χ4n) is 1.71. The van der Waals surface area contributed by atoms with Crippen molar-refractivity contribution >= 4 is 15.9 Å². The van der Waals surface area contributed by atoms with E-state index in [0.717, 1.165) is 12.8 Å². The molecule has 1 aliphatic rings. The molecule has 1 aromatic rings. The molecule has 1 aromatic heterocycles. The molecule has 1 N–H and O–H groups in total. The summed E-state index contributed by atoms with van der Waals surface area (Å²) in [4.78, 5) is 3.48. The standard InChI is InChI=1S/C10H13FN2O3S/c11-17(14,15)10-7-9(1-4-12-10)13-8-2-5-16-6-3-8/h1,4,7-8H,2-3,5-6H2,(H,12,13). The van der Waals surface area contributed by atoms with Gasteiger partial charge in [-0.05, 0) is 18.9 Å². The molecule has 17 heavy (non-hydrogen) atoms. The predicted octanol–water partition coefficient (Wildman–Crippen LogP) is 1.33. The van der Waals surface area contributed by atoms with Crippen molar-refractivity contribution in [2.24, 2.45) is 0 Å². The molecule has 5 nitrogen and oxygen atoms in total. The van der Waals surface area contributed by atoms with Crippen LogP contribution < -0.4 is 5.32 Å². The number of halogens is 1. The SMILES string of the molecule is O=S(=O)(F)c1cc(NC2CCOCC2)ccn1. The van der Waals surface area contributed by atoms with Crippen molar-refractivity contribution in [3.63, 3.8) is 0 Å². The van der Waals surface area contributed by atoms with Crippen molar-refractivity contribution in [3.05, 3.63) is 18.3 Å². The van der Waals surface area contributed by atoms with Gasteiger partial charge in [0.1, 0.15) is 0 Å². The van der Waals surface area contributed by atoms with Crippen molar-refractivity contribution in [1.82, 2.24) is 4.98 Å². The second-order valence-electron chi connectivity index (χ2n) is 3.85. The van der Waals surface area contributed by atoms with E-state index in [1.807, 2.05) is 0 Å². The number of pyridine rings is 1. The highest BCUT2D eigenvalue weighted by Crippen LogP contribution is 2.18. The summed E-state index contributed by atoms with van der Waals surface area (Å²) >= 11 is 0. The summed E-state index contributed by atoms with van der Waals surface area (Å²) in [5.41, 5.74) is 0.558. The lowest BCUT2D eigenvalue weighted by atomic mass is 10.1. The van der Waals surface area contributed by atoms with Gasteiger partial charge in [0, 0.05) is 37.2 Å². The van der Waals surface area contributed by atoms with Gasteiger partial charge >= 0.3 is 10.2 Å². The first-order valence-corrected chi connectivity index (χ1v) is 6.69. The van der Waals surface area contributed by atoms with E-state index in [1.165, 1.54) is 12.3 Å². The van der Waals surface area contributed by atoms with Crippen molar-refractivity contribution in [1.29, 1.82) is 0 Å². The molecule has 0 atom stereocenters. The van der Waals surface area contributed by atoms with Crippen LogP contribution >= 0.6 is 0 Å². The zero-order valence-corrected chi connectivity index (χ0v) is 9.91. The number of hydrogen-bond donors (Lipinski definition) is 1. The molecule has 0 amide bonds. The maximum absolute atomic E-state index is 12.7. The molecule has 1 saturated heterocycles. The Morgan fingerprint density at radius 1 is 1.41 bits per heavy atom. The van der Waals surface area contributed by atoms with Gasteiger partial charge < -0.3 is 10.1 Å². The Morgan fingerprint density at radius 2 is 2.12 bits per heavy atom. The normalized spacial score (nSPS) is 17.9. The average Bonchev–Trinajstić information content (AvgIpc) is 2.29. The third kappa shape index (κ3) is 3.37. The highest BCUT2D eigenvalue weighted by Gasteiger charge is 2.16. The van der Waals surface area contributed by atoms with Crippen molar-refractivity contribution in [3.8, 4) is 0 Å². The van der Waals surface area contributed by atoms with Crippen molar-refractivity contribution in [2.75, 3.05) is 18.5 Å². The number of hydrogen-bond acceptors (Lipinski definition) is 5. The fourth-order valence-corrected chi connectivity index (χ4v) is 2.16. The minimum absolute atomic E-state index is 0.223. The lowest BCUT2D eigenvalue weighted by Gasteiger charge is -2.24. The largest absolute Gasteiger partial charge is 0.382 e. The quantitative estimate of drug-likeness (QED) is 0.830. The van der Waals surface area contributed by atoms with E-state index in [2.05, 4.69) is 10.3 Å². The van der Waals surface area contributed by atoms with E-state index in [0.29, 0.717) is 18.9 Å². The zero-order valence-electron chi connectivity index (χ0n) is 9.10. The summed E-state index contributed by atoms with van der Waals surface area (Å²) in [5, 5.41) is 2.58. The molecule has 0 unspecified atom stereocenters. The third-order valence-electron chi connectivity index (χ3n) is 2.58. The molecule has 2 heterocycles. The van der Waals surface area contributed by atoms with Crippen molar-refractivity contribution < 1.29 is 17.0 Å². The molecule has 0 bridgehead atoms. The molecular formula is C10H13FN2O3S. The van der Waals surface area contributed by atoms with Crippen molar-refractivity contribution in [2.45, 2.75) is 23.9 Å². The second-order valence-corrected chi connectivity index (χ2v) is 5.15. The molecule has 7 heteroatoms. The Hall–Kier alpha value is -1.21. The molecule has 2 rings (SSSR count). The minimum atomic E-state index is -4.74. The van der Waals surface area contributed by atoms with Crippen LogP contribution in [0.25, 0.3) is 0 Å². The lowest BCUT2D eigenvalue weighted by molar-refractivity contribution is 0.0904. The summed E-state index contributed by atoms with van der Waals surface area (Å²) in [5.74, 6) is 0. The van der Waals surface area contributed by atoms with E-state index in [9.17, 15) is 12.3 Å². The van der Waals surface area contributed by atoms with Gasteiger partial charge in [-0.2, -0.15) is 8.42 Å². The van der Waals surface area contributed by atoms with Gasteiger partial charge in [0.15, 0.2) is 5.03 Å². The number of rotatable bonds is 3. The van der Waals surface area contributed by atoms with Gasteiger partial charge in [-0.25, -0.2) is 4.98 Å². The van der Waals surface area contributed by atoms with Gasteiger partial charge in [0.2, 0.25) is 0 Å². The zero-order chi connectivity index (χ0) is 12.3. The van der Waals surface area contributed by atoms with E-state index in [-0.39, 0.29) is 6.04 Å². The molecule has 1 fully saturated rings. The number of aromatic nitrogens is 1. The molecule has 0 aromatic carbocycles. The van der Waals surface area contributed by atoms with Gasteiger partial charge in [0.25, 0.3) is 0 Å². The highest BCUT2D eigenvalue weighted by atomic mass is 32.3. The van der Waals surface area contributed by atoms with E-state index in [4.69, 9.17) is 4.74 Å². The van der Waals surface area contributed by atoms with Gasteiger partial charge in [-0.15, -0.1) is 0 Å². The summed E-state index contributed by atoms with van der Waals surface area (Å²) < 4.78 is 39.3. The minimum Gasteiger partial charge on any atom is -0.382 e. The first-order chi connectivity index (χ1) is 8.05. The van der Waals surface area contributed by atoms with E-state index >= 15 is 0 Å². The molecule has 1 aliphatic heterocycles. The number of ether oxygens (including phenoxy) is 1. The molecule has 94 valence electrons. The Kier molecular flexibility index (Phi) is 3.58. The van der Waals surface area contributed by atoms with Crippen LogP contribution in [0, 0.1) is 0 Å². The molecule has 0 aliphatic carbocycles. The van der Waals surface area contributed by atoms with Crippen LogP contribution in [0.1, 0.15) is 12.8 Å². The van der Waals surface area contributed by atoms with E-state index in [1.54, 1.807) is 6.07 Å². The summed E-state index contributed by atoms with van der Waals surface area (Å²) in [7, 11) is -4.74. The maximum atomic E-state index is 12.7. The fraction of sp³-hybridized carbons (Fsp3) is 0.500. The first-order valence-electron chi connectivity index (χ1n) is 5.31. The summed E-state index contributed by atoms with van der Waals surface area (Å²) in [6, 6.07) is 3.04. The lowest BCUT2D eigenvalue weighted by Crippen LogP contribution is -2.27. The molecule has 0 saturated carbocycles. The monoisotopic (exact) mass is 260 g/mol. The van der Waals surface area contributed by atoms with Crippen LogP contribution in [0.15, 0.2) is 23.4 Å². The summed E-state index contributed by atoms with van der Waals surface area (Å²) in [6.07, 6.45) is 2.97. The highest BCUT2D eigenvalue weighted by molar-refractivity contribution is 7.86. The van der Waals surface area contributed by atoms with E-state index < -0.39 is 15.2 Å². The predicted molar refractivity (Wildman–Crippen MR) is 60.0 cm³/mol. The average molecular weight is 260 g/mol. The topological polar surface area (TPSA) is 68.3 Å². The van der Waals surface area contributed by atoms with Crippen LogP contribution in [0.2, 0.25) is 0 Å². The molecule has 0 radical (unpaired) electrons.